The Kier molecular flexibility index (Phi) is 3.36. The second-order valence-electron chi connectivity index (χ2n) is 3.90. The first-order valence-corrected chi connectivity index (χ1v) is 5.46. The van der Waals surface area contributed by atoms with Crippen LogP contribution in [0.1, 0.15) is 23.2 Å². The van der Waals surface area contributed by atoms with E-state index in [1.54, 1.807) is 6.07 Å². The number of H-pyrrole nitrogens is 1. The molecule has 0 aliphatic heterocycles. The summed E-state index contributed by atoms with van der Waals surface area (Å²) in [5.41, 5.74) is -0.191. The predicted octanol–water partition coefficient (Wildman–Crippen LogP) is -0.143. The average Bonchev–Trinajstić information content (AvgIpc) is 3.08. The number of aromatic amines is 1. The summed E-state index contributed by atoms with van der Waals surface area (Å²) in [6, 6.07) is 3.79. The van der Waals surface area contributed by atoms with Gasteiger partial charge in [-0.3, -0.25) is 9.59 Å². The van der Waals surface area contributed by atoms with Gasteiger partial charge in [0.1, 0.15) is 5.56 Å². The van der Waals surface area contributed by atoms with Crippen LogP contribution in [-0.4, -0.2) is 30.0 Å². The summed E-state index contributed by atoms with van der Waals surface area (Å²) in [6.45, 7) is 1.30. The highest BCUT2D eigenvalue weighted by molar-refractivity contribution is 5.93. The number of amides is 1. The van der Waals surface area contributed by atoms with Crippen molar-refractivity contribution in [3.8, 4) is 0 Å². The fourth-order valence-electron chi connectivity index (χ4n) is 1.44. The smallest absolute Gasteiger partial charge is 0.260 e. The van der Waals surface area contributed by atoms with E-state index < -0.39 is 0 Å². The first-order chi connectivity index (χ1) is 7.77. The first-order valence-electron chi connectivity index (χ1n) is 5.46. The van der Waals surface area contributed by atoms with Crippen LogP contribution in [0.15, 0.2) is 23.1 Å². The van der Waals surface area contributed by atoms with E-state index in [2.05, 4.69) is 15.6 Å². The van der Waals surface area contributed by atoms with Crippen LogP contribution in [0.2, 0.25) is 0 Å². The molecule has 5 heteroatoms. The van der Waals surface area contributed by atoms with Gasteiger partial charge in [0.15, 0.2) is 0 Å². The number of pyridine rings is 1. The van der Waals surface area contributed by atoms with Crippen LogP contribution in [-0.2, 0) is 0 Å². The highest BCUT2D eigenvalue weighted by Gasteiger charge is 2.19. The van der Waals surface area contributed by atoms with Crippen LogP contribution >= 0.6 is 0 Å². The maximum atomic E-state index is 11.6. The van der Waals surface area contributed by atoms with Crippen LogP contribution in [0.25, 0.3) is 0 Å². The Morgan fingerprint density at radius 3 is 2.94 bits per heavy atom. The van der Waals surface area contributed by atoms with Crippen molar-refractivity contribution < 1.29 is 4.79 Å². The highest BCUT2D eigenvalue weighted by atomic mass is 16.2. The molecule has 1 amide bonds. The van der Waals surface area contributed by atoms with Crippen molar-refractivity contribution in [3.63, 3.8) is 0 Å². The van der Waals surface area contributed by atoms with Gasteiger partial charge in [-0.15, -0.1) is 0 Å². The predicted molar refractivity (Wildman–Crippen MR) is 60.4 cm³/mol. The zero-order valence-corrected chi connectivity index (χ0v) is 8.95. The molecule has 86 valence electrons. The monoisotopic (exact) mass is 221 g/mol. The van der Waals surface area contributed by atoms with Gasteiger partial charge in [0, 0.05) is 25.3 Å². The molecule has 1 saturated carbocycles. The minimum atomic E-state index is -0.352. The Balaban J connectivity index is 1.78. The minimum absolute atomic E-state index is 0.161. The minimum Gasteiger partial charge on any atom is -0.351 e. The molecule has 1 fully saturated rings. The molecule has 1 aliphatic carbocycles. The summed E-state index contributed by atoms with van der Waals surface area (Å²) in [5, 5.41) is 5.98. The topological polar surface area (TPSA) is 74.0 Å². The molecule has 1 heterocycles. The number of rotatable bonds is 5. The largest absolute Gasteiger partial charge is 0.351 e. The molecular formula is C11H15N3O2. The number of nitrogens with one attached hydrogen (secondary N) is 3. The summed E-state index contributed by atoms with van der Waals surface area (Å²) in [7, 11) is 0. The molecule has 1 aliphatic rings. The lowest BCUT2D eigenvalue weighted by Gasteiger charge is -2.05. The molecule has 2 rings (SSSR count). The van der Waals surface area contributed by atoms with Gasteiger partial charge in [-0.1, -0.05) is 0 Å². The molecule has 1 aromatic heterocycles. The molecule has 0 radical (unpaired) electrons. The van der Waals surface area contributed by atoms with Crippen molar-refractivity contribution in [2.45, 2.75) is 18.9 Å². The molecule has 0 aromatic carbocycles. The fraction of sp³-hybridized carbons (Fsp3) is 0.455. The first kappa shape index (κ1) is 10.9. The SMILES string of the molecule is O=C(NCCNC1CC1)c1ccc[nH]c1=O. The summed E-state index contributed by atoms with van der Waals surface area (Å²) in [6.07, 6.45) is 3.96. The zero-order valence-electron chi connectivity index (χ0n) is 8.95. The van der Waals surface area contributed by atoms with Crippen LogP contribution in [0.5, 0.6) is 0 Å². The Morgan fingerprint density at radius 1 is 1.44 bits per heavy atom. The van der Waals surface area contributed by atoms with E-state index in [1.807, 2.05) is 0 Å². The quantitative estimate of drug-likeness (QED) is 0.606. The normalized spacial score (nSPS) is 14.8. The van der Waals surface area contributed by atoms with Crippen molar-refractivity contribution in [2.75, 3.05) is 13.1 Å². The molecule has 5 nitrogen and oxygen atoms in total. The Morgan fingerprint density at radius 2 is 2.25 bits per heavy atom. The van der Waals surface area contributed by atoms with Gasteiger partial charge >= 0.3 is 0 Å². The summed E-state index contributed by atoms with van der Waals surface area (Å²) in [5.74, 6) is -0.320. The molecule has 0 atom stereocenters. The zero-order chi connectivity index (χ0) is 11.4. The maximum Gasteiger partial charge on any atom is 0.260 e. The molecule has 0 spiro atoms. The second kappa shape index (κ2) is 4.94. The highest BCUT2D eigenvalue weighted by Crippen LogP contribution is 2.17. The number of carbonyl (C=O) groups is 1. The third kappa shape index (κ3) is 2.93. The number of aromatic nitrogens is 1. The molecule has 0 saturated heterocycles. The lowest BCUT2D eigenvalue weighted by atomic mass is 10.2. The molecule has 16 heavy (non-hydrogen) atoms. The van der Waals surface area contributed by atoms with Crippen LogP contribution < -0.4 is 16.2 Å². The van der Waals surface area contributed by atoms with Gasteiger partial charge < -0.3 is 15.6 Å². The van der Waals surface area contributed by atoms with Gasteiger partial charge in [-0.05, 0) is 25.0 Å². The third-order valence-corrected chi connectivity index (χ3v) is 2.48. The number of hydrogen-bond donors (Lipinski definition) is 3. The molecule has 0 bridgehead atoms. The molecule has 0 unspecified atom stereocenters. The van der Waals surface area contributed by atoms with E-state index in [0.717, 1.165) is 6.54 Å². The van der Waals surface area contributed by atoms with Crippen LogP contribution in [0.3, 0.4) is 0 Å². The van der Waals surface area contributed by atoms with Crippen molar-refractivity contribution in [1.82, 2.24) is 15.6 Å². The van der Waals surface area contributed by atoms with Crippen LogP contribution in [0, 0.1) is 0 Å². The van der Waals surface area contributed by atoms with E-state index in [-0.39, 0.29) is 17.0 Å². The van der Waals surface area contributed by atoms with Crippen LogP contribution in [0.4, 0.5) is 0 Å². The molecule has 3 N–H and O–H groups in total. The Hall–Kier alpha value is -1.62. The maximum absolute atomic E-state index is 11.6. The van der Waals surface area contributed by atoms with Gasteiger partial charge in [-0.2, -0.15) is 0 Å². The van der Waals surface area contributed by atoms with E-state index in [9.17, 15) is 9.59 Å². The van der Waals surface area contributed by atoms with E-state index in [1.165, 1.54) is 25.1 Å². The van der Waals surface area contributed by atoms with Crippen molar-refractivity contribution >= 4 is 5.91 Å². The molecular weight excluding hydrogens is 206 g/mol. The average molecular weight is 221 g/mol. The molecule has 1 aromatic rings. The van der Waals surface area contributed by atoms with E-state index in [4.69, 9.17) is 0 Å². The number of hydrogen-bond acceptors (Lipinski definition) is 3. The van der Waals surface area contributed by atoms with Crippen molar-refractivity contribution in [2.24, 2.45) is 0 Å². The summed E-state index contributed by atoms with van der Waals surface area (Å²) >= 11 is 0. The Bertz CT molecular complexity index is 423. The second-order valence-corrected chi connectivity index (χ2v) is 3.90. The van der Waals surface area contributed by atoms with E-state index >= 15 is 0 Å². The van der Waals surface area contributed by atoms with Gasteiger partial charge in [-0.25, -0.2) is 0 Å². The lowest BCUT2D eigenvalue weighted by molar-refractivity contribution is 0.0952. The number of carbonyl (C=O) groups excluding carboxylic acids is 1. The fourth-order valence-corrected chi connectivity index (χ4v) is 1.44. The summed E-state index contributed by atoms with van der Waals surface area (Å²) in [4.78, 5) is 25.3. The lowest BCUT2D eigenvalue weighted by Crippen LogP contribution is -2.35. The third-order valence-electron chi connectivity index (χ3n) is 2.48. The Labute approximate surface area is 93.3 Å². The summed E-state index contributed by atoms with van der Waals surface area (Å²) < 4.78 is 0. The standard InChI is InChI=1S/C11H15N3O2/c15-10-9(2-1-5-13-10)11(16)14-7-6-12-8-3-4-8/h1-2,5,8,12H,3-4,6-7H2,(H,13,15)(H,14,16). The van der Waals surface area contributed by atoms with Crippen molar-refractivity contribution in [1.29, 1.82) is 0 Å². The van der Waals surface area contributed by atoms with Gasteiger partial charge in [0.05, 0.1) is 0 Å². The van der Waals surface area contributed by atoms with Gasteiger partial charge in [0.2, 0.25) is 0 Å². The van der Waals surface area contributed by atoms with Crippen molar-refractivity contribution in [3.05, 3.63) is 34.2 Å². The van der Waals surface area contributed by atoms with E-state index in [0.29, 0.717) is 12.6 Å². The van der Waals surface area contributed by atoms with Gasteiger partial charge in [0.25, 0.3) is 11.5 Å².